The summed E-state index contributed by atoms with van der Waals surface area (Å²) in [6, 6.07) is 0. The second-order valence-electron chi connectivity index (χ2n) is 2.78. The first-order valence-corrected chi connectivity index (χ1v) is 4.64. The minimum Gasteiger partial charge on any atom is -0.476 e. The van der Waals surface area contributed by atoms with Crippen LogP contribution in [0.1, 0.15) is 0 Å². The van der Waals surface area contributed by atoms with Gasteiger partial charge in [0.15, 0.2) is 6.29 Å². The molecule has 0 aliphatic heterocycles. The molecule has 0 radical (unpaired) electrons. The van der Waals surface area contributed by atoms with E-state index in [0.717, 1.165) is 0 Å². The van der Waals surface area contributed by atoms with E-state index < -0.39 is 36.9 Å². The molecule has 0 saturated heterocycles. The summed E-state index contributed by atoms with van der Waals surface area (Å²) in [7, 11) is 0. The topological polar surface area (TPSA) is 207 Å². The van der Waals surface area contributed by atoms with E-state index in [1.54, 1.807) is 0 Å². The summed E-state index contributed by atoms with van der Waals surface area (Å²) in [6.45, 7) is -0.688. The van der Waals surface area contributed by atoms with E-state index in [1.165, 1.54) is 0 Å². The molecule has 0 spiro atoms. The molecule has 20 heavy (non-hydrogen) atoms. The van der Waals surface area contributed by atoms with Crippen molar-refractivity contribution in [2.45, 2.75) is 18.3 Å². The summed E-state index contributed by atoms with van der Waals surface area (Å²) in [6.07, 6.45) is -4.96. The van der Waals surface area contributed by atoms with Crippen molar-refractivity contribution < 1.29 is 54.6 Å². The Balaban J connectivity index is -0.000000244. The summed E-state index contributed by atoms with van der Waals surface area (Å²) in [5.41, 5.74) is 0. The van der Waals surface area contributed by atoms with Crippen molar-refractivity contribution in [3.8, 4) is 0 Å². The monoisotopic (exact) mass is 298 g/mol. The molecular formula is C9H14O11. The molecule has 0 bridgehead atoms. The predicted molar refractivity (Wildman–Crippen MR) is 58.6 cm³/mol. The maximum atomic E-state index is 9.76. The van der Waals surface area contributed by atoms with E-state index in [1.807, 2.05) is 0 Å². The molecule has 0 heterocycles. The molecule has 0 aliphatic rings. The first-order valence-electron chi connectivity index (χ1n) is 4.64. The SMILES string of the molecule is O=CC(=O)O.O=CC(=O)O.O=C[C@H](O)[C@@H](O)[C@H](O)CO. The number of aliphatic hydroxyl groups is 4. The third-order valence-electron chi connectivity index (χ3n) is 1.27. The Morgan fingerprint density at radius 2 is 1.20 bits per heavy atom. The fourth-order valence-corrected chi connectivity index (χ4v) is 0.416. The van der Waals surface area contributed by atoms with Crippen LogP contribution >= 0.6 is 0 Å². The lowest BCUT2D eigenvalue weighted by molar-refractivity contribution is -0.143. The molecule has 116 valence electrons. The lowest BCUT2D eigenvalue weighted by atomic mass is 10.1. The highest BCUT2D eigenvalue weighted by atomic mass is 16.4. The van der Waals surface area contributed by atoms with Crippen molar-refractivity contribution >= 4 is 30.8 Å². The van der Waals surface area contributed by atoms with Gasteiger partial charge < -0.3 is 35.4 Å². The number of aldehydes is 3. The van der Waals surface area contributed by atoms with Gasteiger partial charge in [-0.2, -0.15) is 0 Å². The quantitative estimate of drug-likeness (QED) is 0.204. The number of carboxylic acids is 2. The molecule has 0 amide bonds. The van der Waals surface area contributed by atoms with Crippen LogP contribution in [-0.2, 0) is 24.0 Å². The van der Waals surface area contributed by atoms with E-state index in [-0.39, 0.29) is 18.9 Å². The summed E-state index contributed by atoms with van der Waals surface area (Å²) < 4.78 is 0. The van der Waals surface area contributed by atoms with Gasteiger partial charge in [-0.3, -0.25) is 9.59 Å². The highest BCUT2D eigenvalue weighted by Gasteiger charge is 2.22. The standard InChI is InChI=1S/C5H10O5.2C2H2O3/c6-1-3(8)5(10)4(9)2-7;2*3-1-2(4)5/h1,3-5,7-10H,2H2;2*1H,(H,4,5)/t3-,4+,5+;;/m0../s1. The van der Waals surface area contributed by atoms with Gasteiger partial charge in [0.05, 0.1) is 6.61 Å². The Morgan fingerprint density at radius 3 is 1.35 bits per heavy atom. The summed E-state index contributed by atoms with van der Waals surface area (Å²) >= 11 is 0. The maximum absolute atomic E-state index is 9.76. The average molecular weight is 298 g/mol. The van der Waals surface area contributed by atoms with Gasteiger partial charge in [0.1, 0.15) is 18.3 Å². The molecule has 0 aliphatic carbocycles. The normalized spacial score (nSPS) is 13.0. The molecular weight excluding hydrogens is 284 g/mol. The lowest BCUT2D eigenvalue weighted by Crippen LogP contribution is -2.40. The van der Waals surface area contributed by atoms with E-state index in [9.17, 15) is 4.79 Å². The molecule has 6 N–H and O–H groups in total. The van der Waals surface area contributed by atoms with Crippen molar-refractivity contribution in [1.29, 1.82) is 0 Å². The zero-order valence-electron chi connectivity index (χ0n) is 9.90. The molecule has 11 nitrogen and oxygen atoms in total. The van der Waals surface area contributed by atoms with Crippen LogP contribution in [0.25, 0.3) is 0 Å². The Labute approximate surface area is 111 Å². The number of hydrogen-bond acceptors (Lipinski definition) is 9. The van der Waals surface area contributed by atoms with Gasteiger partial charge >= 0.3 is 11.9 Å². The maximum Gasteiger partial charge on any atom is 0.368 e. The van der Waals surface area contributed by atoms with Crippen LogP contribution in [0.5, 0.6) is 0 Å². The number of carboxylic acid groups (broad SMARTS) is 2. The highest BCUT2D eigenvalue weighted by Crippen LogP contribution is 1.96. The molecule has 11 heteroatoms. The minimum absolute atomic E-state index is 0.0869. The fourth-order valence-electron chi connectivity index (χ4n) is 0.416. The van der Waals surface area contributed by atoms with E-state index in [2.05, 4.69) is 0 Å². The Morgan fingerprint density at radius 1 is 0.900 bits per heavy atom. The van der Waals surface area contributed by atoms with Crippen molar-refractivity contribution in [3.05, 3.63) is 0 Å². The zero-order chi connectivity index (χ0) is 16.7. The molecule has 0 aromatic heterocycles. The molecule has 0 rings (SSSR count). The molecule has 0 aromatic rings. The Hall–Kier alpha value is -2.21. The third-order valence-corrected chi connectivity index (χ3v) is 1.27. The number of rotatable bonds is 6. The van der Waals surface area contributed by atoms with Crippen LogP contribution < -0.4 is 0 Å². The van der Waals surface area contributed by atoms with Crippen LogP contribution in [0.4, 0.5) is 0 Å². The van der Waals surface area contributed by atoms with E-state index in [0.29, 0.717) is 0 Å². The third kappa shape index (κ3) is 18.2. The van der Waals surface area contributed by atoms with Crippen LogP contribution in [0.2, 0.25) is 0 Å². The smallest absolute Gasteiger partial charge is 0.368 e. The fraction of sp³-hybridized carbons (Fsp3) is 0.444. The molecule has 0 unspecified atom stereocenters. The second kappa shape index (κ2) is 14.8. The largest absolute Gasteiger partial charge is 0.476 e. The van der Waals surface area contributed by atoms with Crippen LogP contribution in [0, 0.1) is 0 Å². The average Bonchev–Trinajstić information content (AvgIpc) is 2.45. The van der Waals surface area contributed by atoms with E-state index in [4.69, 9.17) is 49.8 Å². The zero-order valence-corrected chi connectivity index (χ0v) is 9.90. The summed E-state index contributed by atoms with van der Waals surface area (Å²) in [4.78, 5) is 45.6. The van der Waals surface area contributed by atoms with Crippen LogP contribution in [0.3, 0.4) is 0 Å². The molecule has 0 aromatic carbocycles. The van der Waals surface area contributed by atoms with Crippen molar-refractivity contribution in [2.75, 3.05) is 6.61 Å². The number of carbonyl (C=O) groups excluding carboxylic acids is 3. The summed E-state index contributed by atoms with van der Waals surface area (Å²) in [5, 5.41) is 48.8. The number of aliphatic hydroxyl groups excluding tert-OH is 4. The molecule has 0 fully saturated rings. The number of hydrogen-bond donors (Lipinski definition) is 6. The number of aliphatic carboxylic acids is 2. The van der Waals surface area contributed by atoms with Crippen molar-refractivity contribution in [2.24, 2.45) is 0 Å². The van der Waals surface area contributed by atoms with Gasteiger partial charge in [-0.05, 0) is 0 Å². The first kappa shape index (κ1) is 22.9. The lowest BCUT2D eigenvalue weighted by Gasteiger charge is -2.16. The van der Waals surface area contributed by atoms with Crippen LogP contribution in [-0.4, -0.2) is 86.4 Å². The van der Waals surface area contributed by atoms with Crippen LogP contribution in [0.15, 0.2) is 0 Å². The van der Waals surface area contributed by atoms with Gasteiger partial charge in [0.2, 0.25) is 12.6 Å². The van der Waals surface area contributed by atoms with Gasteiger partial charge in [-0.15, -0.1) is 0 Å². The van der Waals surface area contributed by atoms with Crippen molar-refractivity contribution in [1.82, 2.24) is 0 Å². The summed E-state index contributed by atoms with van der Waals surface area (Å²) in [5.74, 6) is -2.85. The minimum atomic E-state index is -1.64. The van der Waals surface area contributed by atoms with Gasteiger partial charge in [-0.1, -0.05) is 0 Å². The van der Waals surface area contributed by atoms with Gasteiger partial charge in [0, 0.05) is 0 Å². The Bertz CT molecular complexity index is 295. The van der Waals surface area contributed by atoms with Gasteiger partial charge in [0.25, 0.3) is 0 Å². The van der Waals surface area contributed by atoms with E-state index >= 15 is 0 Å². The molecule has 0 saturated carbocycles. The first-order chi connectivity index (χ1) is 9.17. The predicted octanol–water partition coefficient (Wildman–Crippen LogP) is -4.20. The Kier molecular flexibility index (Phi) is 17.0. The highest BCUT2D eigenvalue weighted by molar-refractivity contribution is 6.19. The second-order valence-corrected chi connectivity index (χ2v) is 2.78. The van der Waals surface area contributed by atoms with Gasteiger partial charge in [-0.25, -0.2) is 9.59 Å². The number of carbonyl (C=O) groups is 5. The molecule has 3 atom stereocenters. The van der Waals surface area contributed by atoms with Crippen molar-refractivity contribution in [3.63, 3.8) is 0 Å².